The molecule has 51 heavy (non-hydrogen) atoms. The maximum Gasteiger partial charge on any atom is 0.408 e. The van der Waals surface area contributed by atoms with Crippen LogP contribution in [0.15, 0.2) is 17.5 Å². The summed E-state index contributed by atoms with van der Waals surface area (Å²) in [6.45, 7) is 9.52. The Morgan fingerprint density at radius 1 is 1.10 bits per heavy atom. The number of aryl methyl sites for hydroxylation is 1. The number of nitrogens with one attached hydrogen (secondary N) is 1. The Hall–Kier alpha value is -4.07. The van der Waals surface area contributed by atoms with Gasteiger partial charge in [-0.3, -0.25) is 14.4 Å². The maximum atomic E-state index is 14.1. The SMILES string of the molecule is CC(C)c1csc(-c2nc3c(c(O[C@@H]4C[C@@H](C(N)=O)N(C(=O)[C@H](CCCCC/C=C\[C@@H]5C[C@@H]5C(=O)O)NC(=O)OC(C)(C)C)C4)n2)CCCC3)n1. The van der Waals surface area contributed by atoms with Crippen LogP contribution >= 0.6 is 11.3 Å². The standard InChI is InChI=1S/C37H52N6O7S/c1-21(2)28-20-51-33(40-28)31-39-26-15-12-11-14-24(26)32(42-31)49-23-18-29(30(38)44)43(19-23)34(45)27(41-36(48)50-37(3,4)5)16-10-8-6-7-9-13-22-17-25(22)35(46)47/h9,13,20-23,25,27,29H,6-8,10-12,14-19H2,1-5H3,(H2,38,44)(H,41,48)(H,46,47)/b13-9-/t22-,23-,25+,27+,29+/m1/s1. The molecule has 0 unspecified atom stereocenters. The molecule has 5 atom stereocenters. The molecule has 278 valence electrons. The average Bonchev–Trinajstić information content (AvgIpc) is 3.44. The van der Waals surface area contributed by atoms with Crippen molar-refractivity contribution < 1.29 is 33.8 Å². The number of nitrogens with zero attached hydrogens (tertiary/aromatic N) is 4. The van der Waals surface area contributed by atoms with Gasteiger partial charge in [-0.1, -0.05) is 38.8 Å². The molecule has 0 aromatic carbocycles. The van der Waals surface area contributed by atoms with Gasteiger partial charge in [-0.05, 0) is 84.0 Å². The van der Waals surface area contributed by atoms with E-state index in [1.807, 2.05) is 17.5 Å². The van der Waals surface area contributed by atoms with Gasteiger partial charge in [0.25, 0.3) is 0 Å². The quantitative estimate of drug-likeness (QED) is 0.155. The van der Waals surface area contributed by atoms with E-state index in [0.717, 1.165) is 66.9 Å². The number of carboxylic acids is 1. The fourth-order valence-electron chi connectivity index (χ4n) is 6.64. The number of hydrogen-bond donors (Lipinski definition) is 3. The number of amides is 3. The number of carbonyl (C=O) groups excluding carboxylic acids is 3. The predicted molar refractivity (Wildman–Crippen MR) is 192 cm³/mol. The van der Waals surface area contributed by atoms with E-state index in [4.69, 9.17) is 35.3 Å². The number of rotatable bonds is 15. The molecular formula is C37H52N6O7S. The number of allylic oxidation sites excluding steroid dienone is 2. The number of primary amides is 1. The molecule has 3 amide bonds. The Balaban J connectivity index is 1.27. The molecule has 13 nitrogen and oxygen atoms in total. The van der Waals surface area contributed by atoms with Crippen LogP contribution in [0.25, 0.3) is 10.8 Å². The minimum absolute atomic E-state index is 0.102. The summed E-state index contributed by atoms with van der Waals surface area (Å²) in [6, 6.07) is -1.85. The van der Waals surface area contributed by atoms with E-state index in [1.165, 1.54) is 16.2 Å². The van der Waals surface area contributed by atoms with Gasteiger partial charge < -0.3 is 30.5 Å². The van der Waals surface area contributed by atoms with Gasteiger partial charge in [-0.15, -0.1) is 11.3 Å². The molecule has 0 bridgehead atoms. The number of ether oxygens (including phenoxy) is 2. The van der Waals surface area contributed by atoms with Crippen LogP contribution in [-0.2, 0) is 32.0 Å². The first-order chi connectivity index (χ1) is 24.2. The Morgan fingerprint density at radius 2 is 1.86 bits per heavy atom. The van der Waals surface area contributed by atoms with E-state index in [2.05, 4.69) is 19.2 Å². The highest BCUT2D eigenvalue weighted by Gasteiger charge is 2.43. The molecule has 1 saturated heterocycles. The third-order valence-electron chi connectivity index (χ3n) is 9.50. The molecule has 1 saturated carbocycles. The fraction of sp³-hybridized carbons (Fsp3) is 0.649. The monoisotopic (exact) mass is 724 g/mol. The number of likely N-dealkylation sites (tertiary alicyclic amines) is 1. The second-order valence-corrected chi connectivity index (χ2v) is 16.1. The number of fused-ring (bicyclic) bond motifs is 1. The molecule has 2 aromatic heterocycles. The van der Waals surface area contributed by atoms with Crippen LogP contribution < -0.4 is 15.8 Å². The molecule has 5 rings (SSSR count). The van der Waals surface area contributed by atoms with Gasteiger partial charge in [-0.25, -0.2) is 14.8 Å². The molecule has 4 N–H and O–H groups in total. The van der Waals surface area contributed by atoms with E-state index in [9.17, 15) is 19.2 Å². The Morgan fingerprint density at radius 3 is 2.53 bits per heavy atom. The second kappa shape index (κ2) is 16.5. The van der Waals surface area contributed by atoms with Crippen LogP contribution in [0, 0.1) is 11.8 Å². The summed E-state index contributed by atoms with van der Waals surface area (Å²) < 4.78 is 12.0. The summed E-state index contributed by atoms with van der Waals surface area (Å²) in [5.41, 5.74) is 7.95. The first-order valence-corrected chi connectivity index (χ1v) is 19.1. The first kappa shape index (κ1) is 38.2. The number of hydrogen-bond acceptors (Lipinski definition) is 10. The van der Waals surface area contributed by atoms with Gasteiger partial charge in [0, 0.05) is 17.4 Å². The number of aliphatic carboxylic acids is 1. The highest BCUT2D eigenvalue weighted by molar-refractivity contribution is 7.13. The highest BCUT2D eigenvalue weighted by atomic mass is 32.1. The maximum absolute atomic E-state index is 14.1. The summed E-state index contributed by atoms with van der Waals surface area (Å²) >= 11 is 1.50. The van der Waals surface area contributed by atoms with Crippen LogP contribution in [0.1, 0.15) is 115 Å². The number of aromatic nitrogens is 3. The molecule has 2 aliphatic carbocycles. The van der Waals surface area contributed by atoms with Crippen molar-refractivity contribution in [1.29, 1.82) is 0 Å². The Labute approximate surface area is 303 Å². The van der Waals surface area contributed by atoms with Crippen molar-refractivity contribution in [3.05, 3.63) is 34.5 Å². The molecule has 2 fully saturated rings. The van der Waals surface area contributed by atoms with Gasteiger partial charge in [0.1, 0.15) is 23.8 Å². The lowest BCUT2D eigenvalue weighted by Gasteiger charge is -2.28. The normalized spacial score (nSPS) is 22.1. The van der Waals surface area contributed by atoms with Crippen molar-refractivity contribution in [2.45, 2.75) is 135 Å². The molecule has 0 spiro atoms. The third-order valence-corrected chi connectivity index (χ3v) is 10.4. The van der Waals surface area contributed by atoms with Gasteiger partial charge in [0.2, 0.25) is 17.7 Å². The number of carboxylic acid groups (broad SMARTS) is 1. The molecule has 1 aliphatic heterocycles. The minimum atomic E-state index is -0.933. The fourth-order valence-corrected chi connectivity index (χ4v) is 7.55. The zero-order valence-corrected chi connectivity index (χ0v) is 31.2. The number of nitrogens with two attached hydrogens (primary N) is 1. The van der Waals surface area contributed by atoms with Gasteiger partial charge in [0.05, 0.1) is 23.9 Å². The van der Waals surface area contributed by atoms with Crippen molar-refractivity contribution >= 4 is 35.2 Å². The van der Waals surface area contributed by atoms with Crippen molar-refractivity contribution in [3.8, 4) is 16.7 Å². The zero-order valence-electron chi connectivity index (χ0n) is 30.4. The lowest BCUT2D eigenvalue weighted by atomic mass is 9.97. The van der Waals surface area contributed by atoms with Crippen LogP contribution in [0.4, 0.5) is 4.79 Å². The number of alkyl carbamates (subject to hydrolysis) is 1. The summed E-state index contributed by atoms with van der Waals surface area (Å²) in [5.74, 6) is -0.726. The van der Waals surface area contributed by atoms with Gasteiger partial charge in [-0.2, -0.15) is 4.98 Å². The predicted octanol–water partition coefficient (Wildman–Crippen LogP) is 5.56. The topological polar surface area (TPSA) is 187 Å². The first-order valence-electron chi connectivity index (χ1n) is 18.2. The summed E-state index contributed by atoms with van der Waals surface area (Å²) in [5, 5.41) is 14.6. The van der Waals surface area contributed by atoms with E-state index in [1.54, 1.807) is 20.8 Å². The molecule has 3 aliphatic rings. The van der Waals surface area contributed by atoms with Crippen molar-refractivity contribution in [2.24, 2.45) is 17.6 Å². The van der Waals surface area contributed by atoms with Crippen molar-refractivity contribution in [1.82, 2.24) is 25.2 Å². The lowest BCUT2D eigenvalue weighted by molar-refractivity contribution is -0.139. The van der Waals surface area contributed by atoms with Crippen molar-refractivity contribution in [3.63, 3.8) is 0 Å². The van der Waals surface area contributed by atoms with Gasteiger partial charge >= 0.3 is 12.1 Å². The minimum Gasteiger partial charge on any atom is -0.481 e. The van der Waals surface area contributed by atoms with Crippen molar-refractivity contribution in [2.75, 3.05) is 6.54 Å². The lowest BCUT2D eigenvalue weighted by Crippen LogP contribution is -2.53. The molecule has 14 heteroatoms. The summed E-state index contributed by atoms with van der Waals surface area (Å²) in [7, 11) is 0. The molecular weight excluding hydrogens is 673 g/mol. The molecule has 3 heterocycles. The van der Waals surface area contributed by atoms with Gasteiger partial charge in [0.15, 0.2) is 10.8 Å². The van der Waals surface area contributed by atoms with E-state index < -0.39 is 47.7 Å². The Bertz CT molecular complexity index is 1620. The number of thiazole rings is 1. The summed E-state index contributed by atoms with van der Waals surface area (Å²) in [6.07, 6.45) is 10.6. The Kier molecular flexibility index (Phi) is 12.4. The summed E-state index contributed by atoms with van der Waals surface area (Å²) in [4.78, 5) is 66.7. The third kappa shape index (κ3) is 10.3. The average molecular weight is 725 g/mol. The van der Waals surface area contributed by atoms with E-state index in [0.29, 0.717) is 31.0 Å². The largest absolute Gasteiger partial charge is 0.481 e. The zero-order chi connectivity index (χ0) is 36.9. The number of unbranched alkanes of at least 4 members (excludes halogenated alkanes) is 3. The smallest absolute Gasteiger partial charge is 0.408 e. The second-order valence-electron chi connectivity index (χ2n) is 15.2. The number of carbonyl (C=O) groups is 4. The van der Waals surface area contributed by atoms with Crippen LogP contribution in [0.5, 0.6) is 5.88 Å². The van der Waals surface area contributed by atoms with E-state index in [-0.39, 0.29) is 30.7 Å². The van der Waals surface area contributed by atoms with Crippen LogP contribution in [0.3, 0.4) is 0 Å². The van der Waals surface area contributed by atoms with E-state index >= 15 is 0 Å². The highest BCUT2D eigenvalue weighted by Crippen LogP contribution is 2.40. The molecule has 0 radical (unpaired) electrons. The molecule has 2 aromatic rings. The van der Waals surface area contributed by atoms with Crippen LogP contribution in [-0.4, -0.2) is 79.2 Å². The van der Waals surface area contributed by atoms with Crippen LogP contribution in [0.2, 0.25) is 0 Å².